The number of pyridine rings is 1. The number of carbonyl (C=O) groups is 4. The number of nitrogens with zero attached hydrogens (tertiary/aromatic N) is 6. The molecule has 23 heteroatoms. The number of anilines is 2. The zero-order chi connectivity index (χ0) is 44.9. The van der Waals surface area contributed by atoms with Crippen molar-refractivity contribution in [2.75, 3.05) is 76.6 Å². The van der Waals surface area contributed by atoms with Crippen molar-refractivity contribution in [1.29, 1.82) is 0 Å². The summed E-state index contributed by atoms with van der Waals surface area (Å²) >= 11 is 0. The van der Waals surface area contributed by atoms with Crippen LogP contribution in [0.2, 0.25) is 0 Å². The molecule has 4 aromatic heterocycles. The quantitative estimate of drug-likeness (QED) is 0.0546. The van der Waals surface area contributed by atoms with Gasteiger partial charge in [-0.05, 0) is 43.0 Å². The molecule has 1 aliphatic rings. The Bertz CT molecular complexity index is 2440. The smallest absolute Gasteiger partial charge is 0.405 e. The van der Waals surface area contributed by atoms with Gasteiger partial charge in [-0.25, -0.2) is 14.8 Å². The minimum Gasteiger partial charge on any atom is -0.444 e. The van der Waals surface area contributed by atoms with Crippen LogP contribution in [0.5, 0.6) is 0 Å². The van der Waals surface area contributed by atoms with Crippen LogP contribution in [0, 0.1) is 0 Å². The second-order valence-electron chi connectivity index (χ2n) is 14.2. The summed E-state index contributed by atoms with van der Waals surface area (Å²) in [5.41, 5.74) is 2.25. The molecule has 0 radical (unpaired) electrons. The molecular weight excluding hydrogens is 837 g/mol. The minimum atomic E-state index is -4.44. The number of piperidine rings is 1. The van der Waals surface area contributed by atoms with Crippen molar-refractivity contribution in [1.82, 2.24) is 39.5 Å². The molecule has 4 N–H and O–H groups in total. The number of benzene rings is 1. The molecule has 1 fully saturated rings. The van der Waals surface area contributed by atoms with Crippen molar-refractivity contribution in [3.63, 3.8) is 0 Å². The van der Waals surface area contributed by atoms with E-state index >= 15 is 0 Å². The van der Waals surface area contributed by atoms with Crippen molar-refractivity contribution >= 4 is 46.2 Å². The number of hydrogen-bond acceptors (Lipinski definition) is 14. The van der Waals surface area contributed by atoms with Crippen LogP contribution in [0.15, 0.2) is 58.2 Å². The van der Waals surface area contributed by atoms with E-state index in [0.717, 1.165) is 17.3 Å². The van der Waals surface area contributed by atoms with Crippen LogP contribution in [-0.4, -0.2) is 125 Å². The first-order valence-corrected chi connectivity index (χ1v) is 20.0. The Balaban J connectivity index is 0.802. The molecule has 1 atom stereocenters. The predicted molar refractivity (Wildman–Crippen MR) is 218 cm³/mol. The number of para-hydroxylation sites is 1. The van der Waals surface area contributed by atoms with Crippen LogP contribution in [0.1, 0.15) is 51.8 Å². The molecule has 1 aliphatic heterocycles. The second-order valence-corrected chi connectivity index (χ2v) is 14.2. The van der Waals surface area contributed by atoms with Gasteiger partial charge in [0.25, 0.3) is 11.8 Å². The summed E-state index contributed by atoms with van der Waals surface area (Å²) in [4.78, 5) is 71.0. The number of aryl methyl sites for hydroxylation is 3. The predicted octanol–water partition coefficient (Wildman–Crippen LogP) is 2.76. The summed E-state index contributed by atoms with van der Waals surface area (Å²) in [5.74, 6) is -2.17. The van der Waals surface area contributed by atoms with Gasteiger partial charge in [-0.3, -0.25) is 38.3 Å². The highest BCUT2D eigenvalue weighted by molar-refractivity contribution is 6.07. The normalized spacial score (nSPS) is 14.3. The maximum atomic E-state index is 13.1. The molecule has 0 saturated carbocycles. The maximum absolute atomic E-state index is 13.1. The van der Waals surface area contributed by atoms with Gasteiger partial charge in [-0.15, -0.1) is 0 Å². The van der Waals surface area contributed by atoms with Crippen molar-refractivity contribution in [2.24, 2.45) is 14.1 Å². The van der Waals surface area contributed by atoms with E-state index in [0.29, 0.717) is 58.0 Å². The number of carbonyl (C=O) groups excluding carboxylic acids is 4. The van der Waals surface area contributed by atoms with E-state index in [4.69, 9.17) is 23.4 Å². The summed E-state index contributed by atoms with van der Waals surface area (Å²) in [6.45, 7) is 1.60. The summed E-state index contributed by atoms with van der Waals surface area (Å²) in [7, 11) is 3.25. The van der Waals surface area contributed by atoms with Crippen molar-refractivity contribution in [3.05, 3.63) is 76.4 Å². The Kier molecular flexibility index (Phi) is 15.8. The fraction of sp³-hybridized carbons (Fsp3) is 0.450. The van der Waals surface area contributed by atoms with Crippen molar-refractivity contribution in [2.45, 2.75) is 37.9 Å². The summed E-state index contributed by atoms with van der Waals surface area (Å²) < 4.78 is 69.8. The number of fused-ring (bicyclic) bond motifs is 1. The largest absolute Gasteiger partial charge is 0.444 e. The number of aromatic nitrogens is 6. The van der Waals surface area contributed by atoms with E-state index in [-0.39, 0.29) is 78.5 Å². The SMILES string of the molecule is Cn1cc(NC(=O)c2coc(-c3ccnc(NCC(F)(F)F)c3)n2)c(C(=O)NCCOCCOCCOCCOCCCc2cccc3c2n(C)c(=O)n3C2CCC(=O)NC2=O)n1. The minimum absolute atomic E-state index is 0.0295. The zero-order valence-corrected chi connectivity index (χ0v) is 34.5. The molecule has 5 heterocycles. The van der Waals surface area contributed by atoms with Gasteiger partial charge in [0.05, 0.1) is 63.0 Å². The third kappa shape index (κ3) is 12.6. The molecule has 1 aromatic carbocycles. The summed E-state index contributed by atoms with van der Waals surface area (Å²) in [6, 6.07) is 7.64. The molecule has 20 nitrogen and oxygen atoms in total. The number of nitrogens with one attached hydrogen (secondary N) is 4. The van der Waals surface area contributed by atoms with Gasteiger partial charge in [-0.1, -0.05) is 12.1 Å². The van der Waals surface area contributed by atoms with Crippen LogP contribution in [0.25, 0.3) is 22.5 Å². The van der Waals surface area contributed by atoms with E-state index in [1.807, 2.05) is 18.2 Å². The topological polar surface area (TPSA) is 237 Å². The molecule has 0 spiro atoms. The first kappa shape index (κ1) is 46.1. The molecular formula is C40H47F3N10O10. The maximum Gasteiger partial charge on any atom is 0.405 e. The van der Waals surface area contributed by atoms with E-state index in [1.54, 1.807) is 18.7 Å². The number of amides is 4. The average molecular weight is 885 g/mol. The van der Waals surface area contributed by atoms with Gasteiger partial charge >= 0.3 is 11.9 Å². The van der Waals surface area contributed by atoms with Gasteiger partial charge in [0.15, 0.2) is 11.4 Å². The van der Waals surface area contributed by atoms with Crippen LogP contribution >= 0.6 is 0 Å². The Morgan fingerprint density at radius 2 is 1.67 bits per heavy atom. The highest BCUT2D eigenvalue weighted by atomic mass is 19.4. The Labute approximate surface area is 357 Å². The number of hydrogen-bond donors (Lipinski definition) is 4. The van der Waals surface area contributed by atoms with Crippen molar-refractivity contribution in [3.8, 4) is 11.5 Å². The lowest BCUT2D eigenvalue weighted by Gasteiger charge is -2.21. The summed E-state index contributed by atoms with van der Waals surface area (Å²) in [6.07, 6.45) is 1.16. The number of imide groups is 1. The number of oxazole rings is 1. The molecule has 4 amide bonds. The van der Waals surface area contributed by atoms with Gasteiger partial charge in [-0.2, -0.15) is 18.3 Å². The Hall–Kier alpha value is -6.43. The number of halogens is 3. The summed E-state index contributed by atoms with van der Waals surface area (Å²) in [5, 5.41) is 13.9. The lowest BCUT2D eigenvalue weighted by molar-refractivity contribution is -0.135. The van der Waals surface area contributed by atoms with E-state index in [2.05, 4.69) is 36.3 Å². The number of imidazole rings is 1. The molecule has 0 bridgehead atoms. The average Bonchev–Trinajstić information content (AvgIpc) is 3.96. The van der Waals surface area contributed by atoms with Crippen LogP contribution in [-0.2, 0) is 49.1 Å². The standard InChI is InChI=1S/C40H47F3N10O10/c1-51-22-27(47-35(55)28-23-63-38(48-28)26-10-11-44-31(21-26)46-24-40(41,42)43)33(50-51)37(57)45-12-14-60-16-18-62-20-19-61-17-15-59-13-4-6-25-5-3-7-29-34(25)52(2)39(58)53(29)30-8-9-32(54)49-36(30)56/h3,5,7,10-11,21-23,30H,4,6,8-9,12-20,24H2,1-2H3,(H,44,46)(H,45,57)(H,47,55)(H,49,54,56). The highest BCUT2D eigenvalue weighted by Crippen LogP contribution is 2.26. The van der Waals surface area contributed by atoms with Crippen LogP contribution in [0.3, 0.4) is 0 Å². The molecule has 5 aromatic rings. The molecule has 338 valence electrons. The van der Waals surface area contributed by atoms with Gasteiger partial charge in [0, 0.05) is 51.6 Å². The molecule has 1 saturated heterocycles. The lowest BCUT2D eigenvalue weighted by Crippen LogP contribution is -2.44. The van der Waals surface area contributed by atoms with Crippen LogP contribution in [0.4, 0.5) is 24.7 Å². The number of alkyl halides is 3. The fourth-order valence-corrected chi connectivity index (χ4v) is 6.69. The second kappa shape index (κ2) is 21.6. The first-order valence-electron chi connectivity index (χ1n) is 20.0. The van der Waals surface area contributed by atoms with Gasteiger partial charge in [0.2, 0.25) is 17.7 Å². The molecule has 63 heavy (non-hydrogen) atoms. The van der Waals surface area contributed by atoms with E-state index < -0.39 is 36.5 Å². The monoisotopic (exact) mass is 884 g/mol. The lowest BCUT2D eigenvalue weighted by atomic mass is 10.0. The zero-order valence-electron chi connectivity index (χ0n) is 34.5. The Morgan fingerprint density at radius 1 is 0.952 bits per heavy atom. The number of rotatable bonds is 23. The number of ether oxygens (including phenoxy) is 4. The molecule has 6 rings (SSSR count). The van der Waals surface area contributed by atoms with E-state index in [9.17, 15) is 37.1 Å². The molecule has 1 unspecified atom stereocenters. The van der Waals surface area contributed by atoms with E-state index in [1.165, 1.54) is 33.8 Å². The Morgan fingerprint density at radius 3 is 2.38 bits per heavy atom. The third-order valence-electron chi connectivity index (χ3n) is 9.60. The van der Waals surface area contributed by atoms with Crippen LogP contribution < -0.4 is 27.0 Å². The third-order valence-corrected chi connectivity index (χ3v) is 9.60. The molecule has 0 aliphatic carbocycles. The van der Waals surface area contributed by atoms with Gasteiger partial charge in [0.1, 0.15) is 24.7 Å². The van der Waals surface area contributed by atoms with Crippen molar-refractivity contribution < 1.29 is 55.7 Å². The highest BCUT2D eigenvalue weighted by Gasteiger charge is 2.32. The fourth-order valence-electron chi connectivity index (χ4n) is 6.69. The first-order chi connectivity index (χ1) is 30.3. The van der Waals surface area contributed by atoms with Gasteiger partial charge < -0.3 is 39.3 Å².